The second-order valence-electron chi connectivity index (χ2n) is 2.52. The molecule has 0 amide bonds. The summed E-state index contributed by atoms with van der Waals surface area (Å²) in [6.45, 7) is 3.35. The maximum absolute atomic E-state index is 10.0. The molecule has 0 radical (unpaired) electrons. The molecule has 0 aliphatic rings. The van der Waals surface area contributed by atoms with Crippen molar-refractivity contribution < 1.29 is 9.53 Å². The first-order valence-electron chi connectivity index (χ1n) is 2.71. The predicted molar refractivity (Wildman–Crippen MR) is 36.6 cm³/mol. The number of hydrogen-bond acceptors (Lipinski definition) is 3. The third-order valence-corrected chi connectivity index (χ3v) is 0.958. The molecule has 0 saturated heterocycles. The van der Waals surface area contributed by atoms with Crippen molar-refractivity contribution in [3.63, 3.8) is 0 Å². The average molecular weight is 162 g/mol. The van der Waals surface area contributed by atoms with E-state index in [-0.39, 0.29) is 6.61 Å². The number of rotatable bonds is 2. The summed E-state index contributed by atoms with van der Waals surface area (Å²) in [5.74, 6) is 0. The highest BCUT2D eigenvalue weighted by Gasteiger charge is 2.18. The minimum absolute atomic E-state index is 0.0336. The first-order chi connectivity index (χ1) is 4.48. The van der Waals surface area contributed by atoms with Crippen molar-refractivity contribution in [2.45, 2.75) is 13.8 Å². The van der Waals surface area contributed by atoms with Crippen LogP contribution in [0.1, 0.15) is 13.8 Å². The minimum atomic E-state index is -0.872. The van der Waals surface area contributed by atoms with E-state index in [0.29, 0.717) is 0 Å². The molecule has 0 unspecified atom stereocenters. The molecule has 0 spiro atoms. The van der Waals surface area contributed by atoms with Crippen LogP contribution in [0, 0.1) is 16.7 Å². The monoisotopic (exact) mass is 161 g/mol. The van der Waals surface area contributed by atoms with Gasteiger partial charge in [-0.25, -0.2) is 4.79 Å². The molecular formula is C6H8ClNO2. The fourth-order valence-electron chi connectivity index (χ4n) is 0.269. The van der Waals surface area contributed by atoms with E-state index in [9.17, 15) is 4.79 Å². The smallest absolute Gasteiger partial charge is 0.403 e. The fourth-order valence-corrected chi connectivity index (χ4v) is 0.324. The summed E-state index contributed by atoms with van der Waals surface area (Å²) in [6.07, 6.45) is 0. The van der Waals surface area contributed by atoms with Gasteiger partial charge < -0.3 is 4.74 Å². The lowest BCUT2D eigenvalue weighted by Crippen LogP contribution is -2.17. The lowest BCUT2D eigenvalue weighted by atomic mass is 9.98. The van der Waals surface area contributed by atoms with Crippen LogP contribution in [-0.4, -0.2) is 12.0 Å². The van der Waals surface area contributed by atoms with Crippen LogP contribution in [0.15, 0.2) is 0 Å². The molecule has 0 aliphatic heterocycles. The minimum Gasteiger partial charge on any atom is -0.452 e. The maximum atomic E-state index is 10.0. The van der Waals surface area contributed by atoms with Gasteiger partial charge in [0.1, 0.15) is 6.61 Å². The molecule has 3 nitrogen and oxygen atoms in total. The second-order valence-corrected chi connectivity index (χ2v) is 2.83. The van der Waals surface area contributed by atoms with E-state index in [1.165, 1.54) is 0 Å². The standard InChI is InChI=1S/C6H8ClNO2/c1-6(2,3-8)4-10-5(7)9/h4H2,1-2H3. The summed E-state index contributed by atoms with van der Waals surface area (Å²) in [7, 11) is 0. The molecule has 0 aromatic carbocycles. The van der Waals surface area contributed by atoms with Gasteiger partial charge in [-0.2, -0.15) is 5.26 Å². The van der Waals surface area contributed by atoms with E-state index in [4.69, 9.17) is 16.9 Å². The van der Waals surface area contributed by atoms with Crippen molar-refractivity contribution in [3.05, 3.63) is 0 Å². The molecule has 0 saturated carbocycles. The SMILES string of the molecule is CC(C)(C#N)COC(=O)Cl. The summed E-state index contributed by atoms with van der Waals surface area (Å²) in [4.78, 5) is 10.0. The average Bonchev–Trinajstić information content (AvgIpc) is 1.85. The highest BCUT2D eigenvalue weighted by Crippen LogP contribution is 2.13. The molecule has 10 heavy (non-hydrogen) atoms. The zero-order chi connectivity index (χ0) is 8.20. The van der Waals surface area contributed by atoms with E-state index in [1.54, 1.807) is 13.8 Å². The number of nitrogens with zero attached hydrogens (tertiary/aromatic N) is 1. The number of carbonyl (C=O) groups excluding carboxylic acids is 1. The van der Waals surface area contributed by atoms with Crippen molar-refractivity contribution >= 4 is 17.0 Å². The first-order valence-corrected chi connectivity index (χ1v) is 3.09. The van der Waals surface area contributed by atoms with E-state index in [2.05, 4.69) is 4.74 Å². The van der Waals surface area contributed by atoms with E-state index in [1.807, 2.05) is 6.07 Å². The molecule has 0 heterocycles. The van der Waals surface area contributed by atoms with Crippen LogP contribution in [0.25, 0.3) is 0 Å². The third kappa shape index (κ3) is 4.16. The first kappa shape index (κ1) is 9.25. The Morgan fingerprint density at radius 2 is 2.30 bits per heavy atom. The Labute approximate surface area is 64.5 Å². The van der Waals surface area contributed by atoms with Gasteiger partial charge in [0.2, 0.25) is 0 Å². The van der Waals surface area contributed by atoms with Crippen LogP contribution in [-0.2, 0) is 4.74 Å². The molecule has 0 aliphatic carbocycles. The molecule has 56 valence electrons. The molecule has 0 aromatic rings. The Kier molecular flexibility index (Phi) is 3.17. The molecule has 0 rings (SSSR count). The van der Waals surface area contributed by atoms with Crippen molar-refractivity contribution in [3.8, 4) is 6.07 Å². The Bertz CT molecular complexity index is 171. The Hall–Kier alpha value is -0.750. The van der Waals surface area contributed by atoms with E-state index < -0.39 is 10.8 Å². The largest absolute Gasteiger partial charge is 0.452 e. The maximum Gasteiger partial charge on any atom is 0.403 e. The lowest BCUT2D eigenvalue weighted by Gasteiger charge is -2.12. The van der Waals surface area contributed by atoms with Gasteiger partial charge in [-0.1, -0.05) is 0 Å². The highest BCUT2D eigenvalue weighted by molar-refractivity contribution is 6.61. The highest BCUT2D eigenvalue weighted by atomic mass is 35.5. The number of carbonyl (C=O) groups is 1. The molecule has 0 aromatic heterocycles. The molecule has 0 bridgehead atoms. The second kappa shape index (κ2) is 3.43. The number of halogens is 1. The Morgan fingerprint density at radius 1 is 1.80 bits per heavy atom. The molecule has 0 N–H and O–H groups in total. The fraction of sp³-hybridized carbons (Fsp3) is 0.667. The Morgan fingerprint density at radius 3 is 2.60 bits per heavy atom. The zero-order valence-corrected chi connectivity index (χ0v) is 6.60. The van der Waals surface area contributed by atoms with Crippen molar-refractivity contribution in [1.82, 2.24) is 0 Å². The van der Waals surface area contributed by atoms with Gasteiger partial charge in [-0.15, -0.1) is 0 Å². The van der Waals surface area contributed by atoms with E-state index >= 15 is 0 Å². The van der Waals surface area contributed by atoms with E-state index in [0.717, 1.165) is 0 Å². The van der Waals surface area contributed by atoms with Crippen LogP contribution in [0.4, 0.5) is 4.79 Å². The van der Waals surface area contributed by atoms with Gasteiger partial charge in [-0.05, 0) is 13.8 Å². The van der Waals surface area contributed by atoms with Gasteiger partial charge in [0.25, 0.3) is 0 Å². The molecule has 4 heteroatoms. The summed E-state index contributed by atoms with van der Waals surface area (Å²) in [5, 5.41) is 8.42. The predicted octanol–water partition coefficient (Wildman–Crippen LogP) is 1.91. The zero-order valence-electron chi connectivity index (χ0n) is 5.85. The number of ether oxygens (including phenoxy) is 1. The molecule has 0 atom stereocenters. The summed E-state index contributed by atoms with van der Waals surface area (Å²) in [5.41, 5.74) is -1.52. The van der Waals surface area contributed by atoms with Gasteiger partial charge in [0.15, 0.2) is 0 Å². The van der Waals surface area contributed by atoms with Crippen LogP contribution in [0.2, 0.25) is 0 Å². The normalized spacial score (nSPS) is 10.2. The number of hydrogen-bond donors (Lipinski definition) is 0. The summed E-state index contributed by atoms with van der Waals surface area (Å²) >= 11 is 4.87. The van der Waals surface area contributed by atoms with Crippen molar-refractivity contribution in [2.24, 2.45) is 5.41 Å². The van der Waals surface area contributed by atoms with Crippen molar-refractivity contribution in [2.75, 3.05) is 6.61 Å². The molecular weight excluding hydrogens is 154 g/mol. The van der Waals surface area contributed by atoms with Crippen LogP contribution < -0.4 is 0 Å². The lowest BCUT2D eigenvalue weighted by molar-refractivity contribution is 0.142. The number of nitriles is 1. The third-order valence-electron chi connectivity index (χ3n) is 0.849. The van der Waals surface area contributed by atoms with Crippen LogP contribution in [0.5, 0.6) is 0 Å². The molecule has 0 fully saturated rings. The van der Waals surface area contributed by atoms with Gasteiger partial charge in [-0.3, -0.25) is 0 Å². The van der Waals surface area contributed by atoms with Gasteiger partial charge in [0.05, 0.1) is 11.5 Å². The summed E-state index contributed by atoms with van der Waals surface area (Å²) < 4.78 is 4.40. The van der Waals surface area contributed by atoms with Gasteiger partial charge in [0, 0.05) is 11.6 Å². The topological polar surface area (TPSA) is 50.1 Å². The summed E-state index contributed by atoms with van der Waals surface area (Å²) in [6, 6.07) is 1.96. The van der Waals surface area contributed by atoms with Gasteiger partial charge >= 0.3 is 5.43 Å². The van der Waals surface area contributed by atoms with Crippen LogP contribution >= 0.6 is 11.6 Å². The van der Waals surface area contributed by atoms with Crippen molar-refractivity contribution in [1.29, 1.82) is 5.26 Å². The quantitative estimate of drug-likeness (QED) is 0.582. The van der Waals surface area contributed by atoms with Crippen LogP contribution in [0.3, 0.4) is 0 Å². The Balaban J connectivity index is 3.71.